The lowest BCUT2D eigenvalue weighted by Gasteiger charge is -2.28. The molecule has 0 saturated heterocycles. The van der Waals surface area contributed by atoms with Crippen molar-refractivity contribution in [2.45, 2.75) is 37.4 Å². The molecule has 0 heterocycles. The Bertz CT molecular complexity index is 511. The van der Waals surface area contributed by atoms with Crippen LogP contribution >= 0.6 is 0 Å². The SMILES string of the molecule is O=C(Nc1cccc(C(F)(F)F)c1)NC1(CO)CCCC1. The summed E-state index contributed by atoms with van der Waals surface area (Å²) in [4.78, 5) is 11.9. The zero-order valence-corrected chi connectivity index (χ0v) is 11.3. The Labute approximate surface area is 120 Å². The molecule has 7 heteroatoms. The fraction of sp³-hybridized carbons (Fsp3) is 0.500. The lowest BCUT2D eigenvalue weighted by atomic mass is 9.99. The van der Waals surface area contributed by atoms with E-state index in [-0.39, 0.29) is 12.3 Å². The smallest absolute Gasteiger partial charge is 0.394 e. The molecule has 2 amide bonds. The van der Waals surface area contributed by atoms with Crippen molar-refractivity contribution in [2.75, 3.05) is 11.9 Å². The van der Waals surface area contributed by atoms with Crippen LogP contribution in [0.5, 0.6) is 0 Å². The van der Waals surface area contributed by atoms with Crippen molar-refractivity contribution in [3.05, 3.63) is 29.8 Å². The van der Waals surface area contributed by atoms with Gasteiger partial charge in [0.25, 0.3) is 0 Å². The zero-order valence-electron chi connectivity index (χ0n) is 11.3. The number of aliphatic hydroxyl groups excluding tert-OH is 1. The van der Waals surface area contributed by atoms with E-state index in [4.69, 9.17) is 0 Å². The number of halogens is 3. The summed E-state index contributed by atoms with van der Waals surface area (Å²) in [6, 6.07) is 3.82. The van der Waals surface area contributed by atoms with Gasteiger partial charge in [-0.2, -0.15) is 13.2 Å². The number of nitrogens with one attached hydrogen (secondary N) is 2. The average molecular weight is 302 g/mol. The van der Waals surface area contributed by atoms with Crippen molar-refractivity contribution in [3.8, 4) is 0 Å². The lowest BCUT2D eigenvalue weighted by molar-refractivity contribution is -0.137. The van der Waals surface area contributed by atoms with Crippen LogP contribution < -0.4 is 10.6 Å². The molecule has 1 aromatic carbocycles. The number of amides is 2. The fourth-order valence-corrected chi connectivity index (χ4v) is 2.55. The quantitative estimate of drug-likeness (QED) is 0.803. The summed E-state index contributed by atoms with van der Waals surface area (Å²) in [5.41, 5.74) is -1.42. The van der Waals surface area contributed by atoms with Gasteiger partial charge >= 0.3 is 12.2 Å². The van der Waals surface area contributed by atoms with E-state index in [0.717, 1.165) is 25.0 Å². The average Bonchev–Trinajstić information content (AvgIpc) is 2.87. The molecule has 2 rings (SSSR count). The molecular formula is C14H17F3N2O2. The molecule has 4 nitrogen and oxygen atoms in total. The Kier molecular flexibility index (Phi) is 4.41. The second-order valence-electron chi connectivity index (χ2n) is 5.30. The zero-order chi connectivity index (χ0) is 15.5. The number of carbonyl (C=O) groups excluding carboxylic acids is 1. The fourth-order valence-electron chi connectivity index (χ4n) is 2.55. The maximum absolute atomic E-state index is 12.6. The van der Waals surface area contributed by atoms with Crippen LogP contribution in [0.1, 0.15) is 31.2 Å². The molecule has 0 bridgehead atoms. The molecule has 3 N–H and O–H groups in total. The van der Waals surface area contributed by atoms with E-state index in [9.17, 15) is 23.1 Å². The second-order valence-corrected chi connectivity index (χ2v) is 5.30. The van der Waals surface area contributed by atoms with Gasteiger partial charge in [-0.05, 0) is 31.0 Å². The number of rotatable bonds is 3. The van der Waals surface area contributed by atoms with Crippen LogP contribution in [0.15, 0.2) is 24.3 Å². The van der Waals surface area contributed by atoms with Crippen molar-refractivity contribution >= 4 is 11.7 Å². The van der Waals surface area contributed by atoms with Crippen LogP contribution in [0.2, 0.25) is 0 Å². The largest absolute Gasteiger partial charge is 0.416 e. The Hall–Kier alpha value is -1.76. The first kappa shape index (κ1) is 15.6. The molecule has 1 fully saturated rings. The van der Waals surface area contributed by atoms with Crippen molar-refractivity contribution in [2.24, 2.45) is 0 Å². The van der Waals surface area contributed by atoms with Gasteiger partial charge in [0.1, 0.15) is 0 Å². The highest BCUT2D eigenvalue weighted by molar-refractivity contribution is 5.89. The van der Waals surface area contributed by atoms with Gasteiger partial charge in [-0.15, -0.1) is 0 Å². The van der Waals surface area contributed by atoms with Crippen molar-refractivity contribution < 1.29 is 23.1 Å². The Balaban J connectivity index is 2.03. The number of aliphatic hydroxyl groups is 1. The number of alkyl halides is 3. The van der Waals surface area contributed by atoms with Gasteiger partial charge in [-0.3, -0.25) is 0 Å². The minimum absolute atomic E-state index is 0.0633. The van der Waals surface area contributed by atoms with E-state index in [1.54, 1.807) is 0 Å². The van der Waals surface area contributed by atoms with Crippen LogP contribution in [0.4, 0.5) is 23.7 Å². The summed E-state index contributed by atoms with van der Waals surface area (Å²) >= 11 is 0. The lowest BCUT2D eigenvalue weighted by Crippen LogP contribution is -2.50. The van der Waals surface area contributed by atoms with Crippen LogP contribution in [0, 0.1) is 0 Å². The predicted octanol–water partition coefficient (Wildman–Crippen LogP) is 3.13. The molecule has 0 unspecified atom stereocenters. The van der Waals surface area contributed by atoms with Crippen molar-refractivity contribution in [1.29, 1.82) is 0 Å². The predicted molar refractivity (Wildman–Crippen MR) is 71.9 cm³/mol. The van der Waals surface area contributed by atoms with E-state index in [2.05, 4.69) is 10.6 Å². The number of anilines is 1. The Morgan fingerprint density at radius 3 is 2.52 bits per heavy atom. The first-order valence-electron chi connectivity index (χ1n) is 6.72. The molecule has 1 aromatic rings. The molecule has 116 valence electrons. The van der Waals surface area contributed by atoms with Gasteiger partial charge in [-0.25, -0.2) is 4.79 Å². The molecule has 0 atom stereocenters. The topological polar surface area (TPSA) is 61.4 Å². The Morgan fingerprint density at radius 2 is 1.95 bits per heavy atom. The van der Waals surface area contributed by atoms with E-state index in [1.807, 2.05) is 0 Å². The minimum Gasteiger partial charge on any atom is -0.394 e. The first-order valence-corrected chi connectivity index (χ1v) is 6.72. The standard InChI is InChI=1S/C14H17F3N2O2/c15-14(16,17)10-4-3-5-11(8-10)18-12(21)19-13(9-20)6-1-2-7-13/h3-5,8,20H,1-2,6-7,9H2,(H2,18,19,21). The number of hydrogen-bond acceptors (Lipinski definition) is 2. The van der Waals surface area contributed by atoms with Gasteiger partial charge in [0.05, 0.1) is 17.7 Å². The molecule has 0 radical (unpaired) electrons. The highest BCUT2D eigenvalue weighted by Crippen LogP contribution is 2.31. The summed E-state index contributed by atoms with van der Waals surface area (Å²) in [5.74, 6) is 0. The molecule has 0 aliphatic heterocycles. The van der Waals surface area contributed by atoms with Gasteiger partial charge in [0, 0.05) is 5.69 Å². The van der Waals surface area contributed by atoms with Gasteiger partial charge in [0.15, 0.2) is 0 Å². The third-order valence-corrected chi connectivity index (χ3v) is 3.69. The van der Waals surface area contributed by atoms with Crippen molar-refractivity contribution in [3.63, 3.8) is 0 Å². The van der Waals surface area contributed by atoms with Crippen molar-refractivity contribution in [1.82, 2.24) is 5.32 Å². The highest BCUT2D eigenvalue weighted by Gasteiger charge is 2.35. The highest BCUT2D eigenvalue weighted by atomic mass is 19.4. The maximum atomic E-state index is 12.6. The molecule has 0 aromatic heterocycles. The molecule has 0 spiro atoms. The first-order chi connectivity index (χ1) is 9.85. The van der Waals surface area contributed by atoms with Crippen LogP contribution in [-0.4, -0.2) is 23.3 Å². The summed E-state index contributed by atoms with van der Waals surface area (Å²) in [7, 11) is 0. The second kappa shape index (κ2) is 5.93. The van der Waals surface area contributed by atoms with Crippen LogP contribution in [0.3, 0.4) is 0 Å². The molecular weight excluding hydrogens is 285 g/mol. The normalized spacial score (nSPS) is 17.5. The van der Waals surface area contributed by atoms with Crippen LogP contribution in [0.25, 0.3) is 0 Å². The molecule has 21 heavy (non-hydrogen) atoms. The monoisotopic (exact) mass is 302 g/mol. The van der Waals surface area contributed by atoms with E-state index >= 15 is 0 Å². The number of urea groups is 1. The summed E-state index contributed by atoms with van der Waals surface area (Å²) in [6.45, 7) is -0.178. The molecule has 1 aliphatic rings. The Morgan fingerprint density at radius 1 is 1.29 bits per heavy atom. The van der Waals surface area contributed by atoms with Crippen LogP contribution in [-0.2, 0) is 6.18 Å². The maximum Gasteiger partial charge on any atom is 0.416 e. The van der Waals surface area contributed by atoms with E-state index in [0.29, 0.717) is 12.8 Å². The number of carbonyl (C=O) groups is 1. The van der Waals surface area contributed by atoms with Gasteiger partial charge in [-0.1, -0.05) is 18.9 Å². The van der Waals surface area contributed by atoms with E-state index < -0.39 is 23.3 Å². The molecule has 1 saturated carbocycles. The molecule has 1 aliphatic carbocycles. The summed E-state index contributed by atoms with van der Waals surface area (Å²) < 4.78 is 37.8. The number of benzene rings is 1. The van der Waals surface area contributed by atoms with Gasteiger partial charge in [0.2, 0.25) is 0 Å². The summed E-state index contributed by atoms with van der Waals surface area (Å²) in [6.07, 6.45) is -1.31. The minimum atomic E-state index is -4.45. The van der Waals surface area contributed by atoms with Gasteiger partial charge < -0.3 is 15.7 Å². The summed E-state index contributed by atoms with van der Waals surface area (Å²) in [5, 5.41) is 14.4. The van der Waals surface area contributed by atoms with E-state index in [1.165, 1.54) is 12.1 Å². The third kappa shape index (κ3) is 3.87. The third-order valence-electron chi connectivity index (χ3n) is 3.69. The number of hydrogen-bond donors (Lipinski definition) is 3.